The molecule has 4 heteroatoms. The van der Waals surface area contributed by atoms with Crippen LogP contribution in [0.2, 0.25) is 0 Å². The summed E-state index contributed by atoms with van der Waals surface area (Å²) >= 11 is 0. The summed E-state index contributed by atoms with van der Waals surface area (Å²) in [6.07, 6.45) is 2.68. The van der Waals surface area contributed by atoms with Crippen LogP contribution < -0.4 is 20.1 Å². The van der Waals surface area contributed by atoms with Crippen LogP contribution >= 0.6 is 0 Å². The van der Waals surface area contributed by atoms with Gasteiger partial charge >= 0.3 is 0 Å². The van der Waals surface area contributed by atoms with Crippen LogP contribution in [0.15, 0.2) is 18.2 Å². The maximum atomic E-state index is 5.43. The van der Waals surface area contributed by atoms with Crippen LogP contribution in [0, 0.1) is 5.92 Å². The van der Waals surface area contributed by atoms with Gasteiger partial charge in [0.25, 0.3) is 0 Å². The third-order valence-electron chi connectivity index (χ3n) is 4.40. The van der Waals surface area contributed by atoms with Crippen LogP contribution in [0.1, 0.15) is 31.4 Å². The Morgan fingerprint density at radius 3 is 2.65 bits per heavy atom. The Bertz CT molecular complexity index is 436. The molecule has 0 spiro atoms. The summed E-state index contributed by atoms with van der Waals surface area (Å²) in [5, 5.41) is 0. The second-order valence-electron chi connectivity index (χ2n) is 5.82. The van der Waals surface area contributed by atoms with Gasteiger partial charge in [0.15, 0.2) is 17.5 Å². The molecular weight excluding hydrogens is 252 g/mol. The summed E-state index contributed by atoms with van der Waals surface area (Å²) in [6.45, 7) is 5.76. The van der Waals surface area contributed by atoms with Gasteiger partial charge in [-0.05, 0) is 31.0 Å². The molecule has 20 heavy (non-hydrogen) atoms. The Morgan fingerprint density at radius 1 is 1.30 bits per heavy atom. The summed E-state index contributed by atoms with van der Waals surface area (Å²) in [5.41, 5.74) is 5.47. The second kappa shape index (κ2) is 6.95. The van der Waals surface area contributed by atoms with E-state index in [1.54, 1.807) is 19.1 Å². The van der Waals surface area contributed by atoms with Crippen molar-refractivity contribution >= 4 is 0 Å². The lowest BCUT2D eigenvalue weighted by Crippen LogP contribution is -3.15. The number of nitrogens with one attached hydrogen (secondary N) is 1. The van der Waals surface area contributed by atoms with Gasteiger partial charge < -0.3 is 20.1 Å². The lowest BCUT2D eigenvalue weighted by Gasteiger charge is -2.33. The molecule has 1 aliphatic heterocycles. The number of rotatable bonds is 5. The molecule has 1 aromatic rings. The summed E-state index contributed by atoms with van der Waals surface area (Å²) in [4.78, 5) is 1.66. The molecule has 1 aliphatic rings. The summed E-state index contributed by atoms with van der Waals surface area (Å²) in [5.74, 6) is 2.42. The summed E-state index contributed by atoms with van der Waals surface area (Å²) < 4.78 is 10.7. The van der Waals surface area contributed by atoms with Crippen molar-refractivity contribution in [3.8, 4) is 11.5 Å². The fraction of sp³-hybridized carbons (Fsp3) is 0.625. The second-order valence-corrected chi connectivity index (χ2v) is 5.82. The van der Waals surface area contributed by atoms with E-state index < -0.39 is 0 Å². The first-order valence-electron chi connectivity index (χ1n) is 7.55. The minimum absolute atomic E-state index is 0.456. The van der Waals surface area contributed by atoms with Gasteiger partial charge in [-0.2, -0.15) is 0 Å². The van der Waals surface area contributed by atoms with Gasteiger partial charge in [0.1, 0.15) is 6.54 Å². The Morgan fingerprint density at radius 2 is 2.05 bits per heavy atom. The van der Waals surface area contributed by atoms with Crippen molar-refractivity contribution in [3.05, 3.63) is 23.8 Å². The smallest absolute Gasteiger partial charge is 0.163 e. The van der Waals surface area contributed by atoms with E-state index in [0.717, 1.165) is 24.0 Å². The fourth-order valence-corrected chi connectivity index (χ4v) is 3.32. The highest BCUT2D eigenvalue weighted by Crippen LogP contribution is 2.29. The van der Waals surface area contributed by atoms with E-state index in [4.69, 9.17) is 9.47 Å². The van der Waals surface area contributed by atoms with Gasteiger partial charge in [0.2, 0.25) is 0 Å². The van der Waals surface area contributed by atoms with Crippen LogP contribution in [0.25, 0.3) is 0 Å². The monoisotopic (exact) mass is 280 g/mol. The van der Waals surface area contributed by atoms with E-state index in [1.165, 1.54) is 31.5 Å². The van der Waals surface area contributed by atoms with Gasteiger partial charge in [-0.1, -0.05) is 6.92 Å². The summed E-state index contributed by atoms with van der Waals surface area (Å²) in [7, 11) is 3.37. The topological polar surface area (TPSA) is 50.5 Å². The fourth-order valence-electron chi connectivity index (χ4n) is 3.32. The number of methoxy groups -OCH3 is 2. The maximum Gasteiger partial charge on any atom is 0.163 e. The number of benzene rings is 1. The minimum Gasteiger partial charge on any atom is -0.493 e. The largest absolute Gasteiger partial charge is 0.493 e. The number of quaternary nitrogens is 2. The molecular formula is C16H28N2O2+2. The van der Waals surface area contributed by atoms with E-state index in [2.05, 4.69) is 24.8 Å². The van der Waals surface area contributed by atoms with Crippen molar-refractivity contribution in [3.63, 3.8) is 0 Å². The van der Waals surface area contributed by atoms with E-state index in [9.17, 15) is 0 Å². The van der Waals surface area contributed by atoms with Gasteiger partial charge in [-0.3, -0.25) is 0 Å². The van der Waals surface area contributed by atoms with Crippen molar-refractivity contribution in [2.75, 3.05) is 33.9 Å². The van der Waals surface area contributed by atoms with E-state index in [1.807, 2.05) is 6.07 Å². The van der Waals surface area contributed by atoms with Crippen LogP contribution in [0.3, 0.4) is 0 Å². The zero-order valence-electron chi connectivity index (χ0n) is 12.9. The molecule has 4 nitrogen and oxygen atoms in total. The van der Waals surface area contributed by atoms with Crippen molar-refractivity contribution < 1.29 is 20.1 Å². The Balaban J connectivity index is 2.22. The third-order valence-corrected chi connectivity index (χ3v) is 4.40. The normalized spacial score (nSPS) is 24.2. The van der Waals surface area contributed by atoms with Crippen LogP contribution in [0.4, 0.5) is 0 Å². The quantitative estimate of drug-likeness (QED) is 0.815. The summed E-state index contributed by atoms with van der Waals surface area (Å²) in [6, 6.07) is 6.73. The molecule has 1 heterocycles. The standard InChI is InChI=1S/C16H26N2O2/c1-12-5-4-8-18(11-12)14(10-17)13-6-7-15(19-2)16(9-13)20-3/h6-7,9,12,14H,4-5,8,10-11,17H2,1-3H3/p+2/t12-,14+/m1/s1. The molecule has 0 amide bonds. The van der Waals surface area contributed by atoms with Gasteiger partial charge in [0.05, 0.1) is 27.3 Å². The van der Waals surface area contributed by atoms with Crippen LogP contribution in [-0.2, 0) is 0 Å². The molecule has 1 saturated heterocycles. The van der Waals surface area contributed by atoms with Crippen molar-refractivity contribution in [1.29, 1.82) is 0 Å². The van der Waals surface area contributed by atoms with Gasteiger partial charge in [0, 0.05) is 11.5 Å². The number of piperidine rings is 1. The van der Waals surface area contributed by atoms with Crippen molar-refractivity contribution in [2.45, 2.75) is 25.8 Å². The first kappa shape index (κ1) is 15.1. The molecule has 0 saturated carbocycles. The Hall–Kier alpha value is -1.26. The van der Waals surface area contributed by atoms with Gasteiger partial charge in [-0.25, -0.2) is 0 Å². The van der Waals surface area contributed by atoms with Crippen molar-refractivity contribution in [2.24, 2.45) is 5.92 Å². The molecule has 0 aromatic heterocycles. The van der Waals surface area contributed by atoms with E-state index >= 15 is 0 Å². The zero-order valence-corrected chi connectivity index (χ0v) is 12.9. The van der Waals surface area contributed by atoms with Crippen LogP contribution in [0.5, 0.6) is 11.5 Å². The molecule has 1 unspecified atom stereocenters. The predicted octanol–water partition coefficient (Wildman–Crippen LogP) is 0.302. The van der Waals surface area contributed by atoms with Gasteiger partial charge in [-0.15, -0.1) is 0 Å². The molecule has 0 radical (unpaired) electrons. The Labute approximate surface area is 121 Å². The molecule has 4 N–H and O–H groups in total. The molecule has 0 bridgehead atoms. The lowest BCUT2D eigenvalue weighted by molar-refractivity contribution is -0.945. The average Bonchev–Trinajstić information content (AvgIpc) is 2.48. The number of ether oxygens (including phenoxy) is 2. The highest BCUT2D eigenvalue weighted by Gasteiger charge is 2.29. The molecule has 1 fully saturated rings. The molecule has 3 atom stereocenters. The minimum atomic E-state index is 0.456. The van der Waals surface area contributed by atoms with E-state index in [0.29, 0.717) is 6.04 Å². The highest BCUT2D eigenvalue weighted by molar-refractivity contribution is 5.43. The average molecular weight is 280 g/mol. The van der Waals surface area contributed by atoms with Crippen LogP contribution in [-0.4, -0.2) is 33.9 Å². The number of hydrogen-bond donors (Lipinski definition) is 2. The van der Waals surface area contributed by atoms with E-state index in [-0.39, 0.29) is 0 Å². The first-order valence-corrected chi connectivity index (χ1v) is 7.55. The number of hydrogen-bond acceptors (Lipinski definition) is 2. The molecule has 0 aliphatic carbocycles. The SMILES string of the molecule is COc1ccc([C@H](C[NH3+])[NH+]2CCC[C@@H](C)C2)cc1OC. The maximum absolute atomic E-state index is 5.43. The van der Waals surface area contributed by atoms with Crippen molar-refractivity contribution in [1.82, 2.24) is 0 Å². The zero-order chi connectivity index (χ0) is 14.5. The molecule has 1 aromatic carbocycles. The number of likely N-dealkylation sites (tertiary alicyclic amines) is 1. The lowest BCUT2D eigenvalue weighted by atomic mass is 9.96. The molecule has 2 rings (SSSR count). The molecule has 112 valence electrons. The highest BCUT2D eigenvalue weighted by atomic mass is 16.5. The third kappa shape index (κ3) is 3.25. The predicted molar refractivity (Wildman–Crippen MR) is 79.1 cm³/mol. The Kier molecular flexibility index (Phi) is 5.26. The first-order chi connectivity index (χ1) is 9.69.